The molecule has 2 aromatic rings. The molecule has 12 nitrogen and oxygen atoms in total. The highest BCUT2D eigenvalue weighted by Gasteiger charge is 2.24. The molecule has 1 aromatic carbocycles. The van der Waals surface area contributed by atoms with Crippen molar-refractivity contribution in [3.8, 4) is 0 Å². The number of aromatic nitrogens is 2. The van der Waals surface area contributed by atoms with Gasteiger partial charge in [-0.25, -0.2) is 9.48 Å². The predicted molar refractivity (Wildman–Crippen MR) is 82.3 cm³/mol. The zero-order chi connectivity index (χ0) is 18.7. The van der Waals surface area contributed by atoms with Crippen molar-refractivity contribution in [3.63, 3.8) is 0 Å². The molecule has 0 aliphatic heterocycles. The highest BCUT2D eigenvalue weighted by atomic mass is 16.6. The topological polar surface area (TPSA) is 171 Å². The Balaban J connectivity index is 2.28. The van der Waals surface area contributed by atoms with Crippen LogP contribution < -0.4 is 5.32 Å². The largest absolute Gasteiger partial charge is 0.477 e. The molecule has 0 unspecified atom stereocenters. The van der Waals surface area contributed by atoms with Crippen LogP contribution in [-0.2, 0) is 11.3 Å². The highest BCUT2D eigenvalue weighted by molar-refractivity contribution is 5.92. The number of anilines is 1. The smallest absolute Gasteiger partial charge is 0.354 e. The summed E-state index contributed by atoms with van der Waals surface area (Å²) in [7, 11) is 0. The van der Waals surface area contributed by atoms with Crippen molar-refractivity contribution in [2.75, 3.05) is 5.32 Å². The van der Waals surface area contributed by atoms with E-state index in [1.165, 1.54) is 19.2 Å². The van der Waals surface area contributed by atoms with E-state index in [0.29, 0.717) is 0 Å². The Labute approximate surface area is 139 Å². The number of aromatic carboxylic acids is 1. The highest BCUT2D eigenvalue weighted by Crippen LogP contribution is 2.31. The number of hydrogen-bond donors (Lipinski definition) is 2. The number of nitrogens with zero attached hydrogens (tertiary/aromatic N) is 4. The Morgan fingerprint density at radius 2 is 1.80 bits per heavy atom. The Morgan fingerprint density at radius 3 is 2.28 bits per heavy atom. The lowest BCUT2D eigenvalue weighted by atomic mass is 10.1. The second-order valence-electron chi connectivity index (χ2n) is 4.88. The molecular formula is C13H11N5O7. The maximum absolute atomic E-state index is 12.0. The van der Waals surface area contributed by atoms with Crippen LogP contribution in [0.1, 0.15) is 16.1 Å². The normalized spacial score (nSPS) is 10.3. The number of amides is 1. The minimum absolute atomic E-state index is 0.145. The van der Waals surface area contributed by atoms with Crippen molar-refractivity contribution < 1.29 is 24.5 Å². The molecule has 0 spiro atoms. The monoisotopic (exact) mass is 349 g/mol. The Bertz CT molecular complexity index is 854. The maximum atomic E-state index is 12.0. The number of benzene rings is 1. The van der Waals surface area contributed by atoms with Gasteiger partial charge < -0.3 is 10.4 Å². The molecule has 2 N–H and O–H groups in total. The molecule has 0 bridgehead atoms. The summed E-state index contributed by atoms with van der Waals surface area (Å²) >= 11 is 0. The number of nitro benzene ring substituents is 2. The summed E-state index contributed by atoms with van der Waals surface area (Å²) in [6.07, 6.45) is 1.19. The molecule has 0 atom stereocenters. The number of carbonyl (C=O) groups excluding carboxylic acids is 1. The van der Waals surface area contributed by atoms with E-state index in [9.17, 15) is 29.8 Å². The molecule has 130 valence electrons. The first kappa shape index (κ1) is 17.5. The van der Waals surface area contributed by atoms with E-state index in [0.717, 1.165) is 16.8 Å². The van der Waals surface area contributed by atoms with Gasteiger partial charge in [0.2, 0.25) is 5.91 Å². The minimum atomic E-state index is -1.29. The van der Waals surface area contributed by atoms with E-state index in [-0.39, 0.29) is 16.9 Å². The third-order valence-electron chi connectivity index (χ3n) is 3.26. The summed E-state index contributed by atoms with van der Waals surface area (Å²) in [6.45, 7) is 0.745. The third-order valence-corrected chi connectivity index (χ3v) is 3.26. The van der Waals surface area contributed by atoms with Crippen molar-refractivity contribution in [1.29, 1.82) is 0 Å². The van der Waals surface area contributed by atoms with E-state index < -0.39 is 39.6 Å². The van der Waals surface area contributed by atoms with Gasteiger partial charge in [-0.3, -0.25) is 25.0 Å². The Kier molecular flexibility index (Phi) is 4.72. The quantitative estimate of drug-likeness (QED) is 0.581. The van der Waals surface area contributed by atoms with Crippen molar-refractivity contribution in [2.24, 2.45) is 0 Å². The number of carbonyl (C=O) groups is 2. The first-order valence-electron chi connectivity index (χ1n) is 6.69. The van der Waals surface area contributed by atoms with Gasteiger partial charge in [0.15, 0.2) is 0 Å². The summed E-state index contributed by atoms with van der Waals surface area (Å²) < 4.78 is 0.911. The van der Waals surface area contributed by atoms with Crippen LogP contribution in [0.5, 0.6) is 0 Å². The lowest BCUT2D eigenvalue weighted by Crippen LogP contribution is -2.22. The molecule has 25 heavy (non-hydrogen) atoms. The maximum Gasteiger partial charge on any atom is 0.354 e. The van der Waals surface area contributed by atoms with Crippen molar-refractivity contribution in [3.05, 3.63) is 55.9 Å². The van der Waals surface area contributed by atoms with Gasteiger partial charge >= 0.3 is 5.97 Å². The average Bonchev–Trinajstić information content (AvgIpc) is 2.96. The SMILES string of the molecule is Cc1c([N+](=O)[O-])cc(NC(=O)Cn2nccc2C(=O)O)cc1[N+](=O)[O-]. The van der Waals surface area contributed by atoms with Crippen LogP contribution in [0.4, 0.5) is 17.1 Å². The molecule has 0 aliphatic rings. The fourth-order valence-corrected chi connectivity index (χ4v) is 2.11. The van der Waals surface area contributed by atoms with Crippen LogP contribution in [0.3, 0.4) is 0 Å². The number of carboxylic acids is 1. The van der Waals surface area contributed by atoms with Crippen LogP contribution in [-0.4, -0.2) is 36.6 Å². The van der Waals surface area contributed by atoms with Crippen molar-refractivity contribution >= 4 is 28.9 Å². The first-order chi connectivity index (χ1) is 11.7. The zero-order valence-corrected chi connectivity index (χ0v) is 12.7. The number of carboxylic acid groups (broad SMARTS) is 1. The second kappa shape index (κ2) is 6.74. The summed E-state index contributed by atoms with van der Waals surface area (Å²) in [5.41, 5.74) is -1.56. The van der Waals surface area contributed by atoms with Crippen molar-refractivity contribution in [2.45, 2.75) is 13.5 Å². The molecule has 0 saturated carbocycles. The summed E-state index contributed by atoms with van der Waals surface area (Å²) in [5, 5.41) is 36.9. The van der Waals surface area contributed by atoms with Crippen LogP contribution >= 0.6 is 0 Å². The number of hydrogen-bond acceptors (Lipinski definition) is 7. The van der Waals surface area contributed by atoms with Gasteiger partial charge in [-0.15, -0.1) is 0 Å². The molecule has 12 heteroatoms. The van der Waals surface area contributed by atoms with E-state index in [1.54, 1.807) is 0 Å². The molecule has 1 aromatic heterocycles. The minimum Gasteiger partial charge on any atom is -0.477 e. The Hall–Kier alpha value is -3.83. The number of rotatable bonds is 6. The molecule has 0 radical (unpaired) electrons. The lowest BCUT2D eigenvalue weighted by molar-refractivity contribution is -0.395. The molecule has 1 amide bonds. The van der Waals surface area contributed by atoms with Crippen LogP contribution in [0.15, 0.2) is 24.4 Å². The molecule has 1 heterocycles. The predicted octanol–water partition coefficient (Wildman–Crippen LogP) is 1.34. The lowest BCUT2D eigenvalue weighted by Gasteiger charge is -2.08. The third kappa shape index (κ3) is 3.74. The molecule has 2 rings (SSSR count). The fraction of sp³-hybridized carbons (Fsp3) is 0.154. The summed E-state index contributed by atoms with van der Waals surface area (Å²) in [5.74, 6) is -2.04. The molecule has 0 fully saturated rings. The van der Waals surface area contributed by atoms with Gasteiger partial charge in [0, 0.05) is 18.3 Å². The van der Waals surface area contributed by atoms with Gasteiger partial charge in [-0.2, -0.15) is 5.10 Å². The van der Waals surface area contributed by atoms with E-state index in [1.807, 2.05) is 0 Å². The average molecular weight is 349 g/mol. The van der Waals surface area contributed by atoms with Gasteiger partial charge in [0.1, 0.15) is 17.8 Å². The van der Waals surface area contributed by atoms with Gasteiger partial charge in [0.25, 0.3) is 11.4 Å². The molecule has 0 aliphatic carbocycles. The second-order valence-corrected chi connectivity index (χ2v) is 4.88. The van der Waals surface area contributed by atoms with Crippen LogP contribution in [0.25, 0.3) is 0 Å². The fourth-order valence-electron chi connectivity index (χ4n) is 2.11. The molecule has 0 saturated heterocycles. The Morgan fingerprint density at radius 1 is 1.24 bits per heavy atom. The number of nitrogens with one attached hydrogen (secondary N) is 1. The van der Waals surface area contributed by atoms with E-state index in [4.69, 9.17) is 5.11 Å². The van der Waals surface area contributed by atoms with Gasteiger partial charge in [-0.1, -0.05) is 0 Å². The first-order valence-corrected chi connectivity index (χ1v) is 6.69. The van der Waals surface area contributed by atoms with E-state index >= 15 is 0 Å². The van der Waals surface area contributed by atoms with Crippen LogP contribution in [0.2, 0.25) is 0 Å². The van der Waals surface area contributed by atoms with Gasteiger partial charge in [0.05, 0.1) is 15.5 Å². The summed E-state index contributed by atoms with van der Waals surface area (Å²) in [4.78, 5) is 43.4. The van der Waals surface area contributed by atoms with Crippen LogP contribution in [0, 0.1) is 27.2 Å². The number of nitro groups is 2. The summed E-state index contributed by atoms with van der Waals surface area (Å²) in [6, 6.07) is 3.17. The standard InChI is InChI=1S/C13H11N5O7/c1-7-10(17(22)23)4-8(5-11(7)18(24)25)15-12(19)6-16-9(13(20)21)2-3-14-16/h2-5H,6H2,1H3,(H,15,19)(H,20,21). The molecular weight excluding hydrogens is 338 g/mol. The van der Waals surface area contributed by atoms with E-state index in [2.05, 4.69) is 10.4 Å². The zero-order valence-electron chi connectivity index (χ0n) is 12.7. The van der Waals surface area contributed by atoms with Crippen molar-refractivity contribution in [1.82, 2.24) is 9.78 Å². The van der Waals surface area contributed by atoms with Gasteiger partial charge in [-0.05, 0) is 13.0 Å².